The summed E-state index contributed by atoms with van der Waals surface area (Å²) in [5.74, 6) is -0.939. The Labute approximate surface area is 147 Å². The van der Waals surface area contributed by atoms with E-state index in [1.807, 2.05) is 30.3 Å². The Morgan fingerprint density at radius 3 is 2.32 bits per heavy atom. The fourth-order valence-electron chi connectivity index (χ4n) is 2.78. The van der Waals surface area contributed by atoms with Crippen LogP contribution in [0.2, 0.25) is 0 Å². The molecule has 25 heavy (non-hydrogen) atoms. The highest BCUT2D eigenvalue weighted by Gasteiger charge is 2.44. The number of nitrogens with zero attached hydrogens (tertiary/aromatic N) is 1. The van der Waals surface area contributed by atoms with E-state index < -0.39 is 23.4 Å². The summed E-state index contributed by atoms with van der Waals surface area (Å²) in [6.07, 6.45) is 1.09. The van der Waals surface area contributed by atoms with Crippen molar-refractivity contribution in [2.45, 2.75) is 18.3 Å². The van der Waals surface area contributed by atoms with Gasteiger partial charge in [0.25, 0.3) is 0 Å². The van der Waals surface area contributed by atoms with Crippen LogP contribution in [0.5, 0.6) is 0 Å². The van der Waals surface area contributed by atoms with Crippen molar-refractivity contribution in [3.05, 3.63) is 84.2 Å². The third-order valence-electron chi connectivity index (χ3n) is 4.06. The maximum Gasteiger partial charge on any atom is 0.241 e. The van der Waals surface area contributed by atoms with Crippen LogP contribution >= 0.6 is 0 Å². The van der Waals surface area contributed by atoms with Gasteiger partial charge in [-0.2, -0.15) is 0 Å². The maximum atomic E-state index is 15.7. The van der Waals surface area contributed by atoms with Crippen molar-refractivity contribution in [3.8, 4) is 0 Å². The second kappa shape index (κ2) is 8.03. The lowest BCUT2D eigenvalue weighted by molar-refractivity contribution is -0.130. The van der Waals surface area contributed by atoms with Gasteiger partial charge in [-0.25, -0.2) is 8.78 Å². The van der Waals surface area contributed by atoms with Crippen LogP contribution in [0.4, 0.5) is 8.78 Å². The zero-order chi connectivity index (χ0) is 18.4. The molecule has 2 aromatic carbocycles. The van der Waals surface area contributed by atoms with E-state index in [9.17, 15) is 9.18 Å². The highest BCUT2D eigenvalue weighted by Crippen LogP contribution is 2.34. The molecule has 0 bridgehead atoms. The number of alkyl halides is 1. The molecule has 0 fully saturated rings. The molecule has 0 unspecified atom stereocenters. The van der Waals surface area contributed by atoms with Gasteiger partial charge in [0.1, 0.15) is 11.9 Å². The van der Waals surface area contributed by atoms with E-state index in [0.29, 0.717) is 6.54 Å². The van der Waals surface area contributed by atoms with Crippen LogP contribution in [0.25, 0.3) is 0 Å². The van der Waals surface area contributed by atoms with Gasteiger partial charge in [0.2, 0.25) is 5.91 Å². The molecule has 0 saturated heterocycles. The minimum atomic E-state index is -2.15. The van der Waals surface area contributed by atoms with Crippen molar-refractivity contribution in [3.63, 3.8) is 0 Å². The summed E-state index contributed by atoms with van der Waals surface area (Å²) < 4.78 is 28.9. The molecule has 0 heterocycles. The number of hydrogen-bond donors (Lipinski definition) is 1. The Bertz CT molecular complexity index is 716. The van der Waals surface area contributed by atoms with E-state index in [1.165, 1.54) is 29.2 Å². The highest BCUT2D eigenvalue weighted by atomic mass is 19.1. The van der Waals surface area contributed by atoms with Crippen molar-refractivity contribution >= 4 is 5.91 Å². The smallest absolute Gasteiger partial charge is 0.241 e. The fraction of sp³-hybridized carbons (Fsp3) is 0.250. The number of rotatable bonds is 7. The second-order valence-corrected chi connectivity index (χ2v) is 6.05. The van der Waals surface area contributed by atoms with Crippen LogP contribution < -0.4 is 5.32 Å². The molecule has 0 aliphatic rings. The number of halogens is 2. The number of carbonyl (C=O) groups excluding carboxylic acids is 1. The molecule has 0 spiro atoms. The normalized spacial score (nSPS) is 14.6. The number of nitrogens with one attached hydrogen (secondary N) is 1. The largest absolute Gasteiger partial charge is 0.351 e. The van der Waals surface area contributed by atoms with Gasteiger partial charge in [-0.1, -0.05) is 49.0 Å². The van der Waals surface area contributed by atoms with Crippen molar-refractivity contribution in [1.82, 2.24) is 10.2 Å². The molecule has 0 aliphatic heterocycles. The third kappa shape index (κ3) is 4.31. The molecule has 132 valence electrons. The average Bonchev–Trinajstić information content (AvgIpc) is 2.61. The molecule has 0 aliphatic carbocycles. The molecule has 0 aromatic heterocycles. The number of amides is 1. The summed E-state index contributed by atoms with van der Waals surface area (Å²) in [6, 6.07) is 13.2. The summed E-state index contributed by atoms with van der Waals surface area (Å²) in [5, 5.41) is 2.76. The summed E-state index contributed by atoms with van der Waals surface area (Å²) >= 11 is 0. The average molecular weight is 344 g/mol. The first-order chi connectivity index (χ1) is 11.9. The quantitative estimate of drug-likeness (QED) is 0.781. The van der Waals surface area contributed by atoms with Crippen LogP contribution in [0.1, 0.15) is 11.1 Å². The van der Waals surface area contributed by atoms with Crippen LogP contribution in [-0.2, 0) is 17.0 Å². The maximum absolute atomic E-state index is 15.7. The molecule has 1 amide bonds. The molecule has 5 heteroatoms. The summed E-state index contributed by atoms with van der Waals surface area (Å²) in [6.45, 7) is 3.85. The van der Waals surface area contributed by atoms with Gasteiger partial charge in [-0.15, -0.1) is 0 Å². The van der Waals surface area contributed by atoms with Crippen molar-refractivity contribution in [2.75, 3.05) is 14.1 Å². The van der Waals surface area contributed by atoms with Gasteiger partial charge in [0.15, 0.2) is 5.67 Å². The molecule has 0 radical (unpaired) electrons. The Balaban J connectivity index is 2.26. The third-order valence-corrected chi connectivity index (χ3v) is 4.06. The van der Waals surface area contributed by atoms with E-state index in [4.69, 9.17) is 0 Å². The zero-order valence-corrected chi connectivity index (χ0v) is 14.4. The molecular weight excluding hydrogens is 322 g/mol. The Morgan fingerprint density at radius 1 is 1.20 bits per heavy atom. The topological polar surface area (TPSA) is 32.3 Å². The van der Waals surface area contributed by atoms with E-state index >= 15 is 4.39 Å². The molecule has 2 atom stereocenters. The Kier molecular flexibility index (Phi) is 6.04. The predicted molar refractivity (Wildman–Crippen MR) is 95.1 cm³/mol. The predicted octanol–water partition coefficient (Wildman–Crippen LogP) is 3.42. The first-order valence-electron chi connectivity index (χ1n) is 7.95. The summed E-state index contributed by atoms with van der Waals surface area (Å²) in [4.78, 5) is 14.2. The van der Waals surface area contributed by atoms with Crippen molar-refractivity contribution in [2.24, 2.45) is 0 Å². The number of carbonyl (C=O) groups is 1. The lowest BCUT2D eigenvalue weighted by Gasteiger charge is -2.35. The molecular formula is C20H22F2N2O. The highest BCUT2D eigenvalue weighted by molar-refractivity contribution is 5.84. The lowest BCUT2D eigenvalue weighted by atomic mass is 9.86. The Hall–Kier alpha value is -2.53. The second-order valence-electron chi connectivity index (χ2n) is 6.05. The molecule has 2 rings (SSSR count). The first-order valence-corrected chi connectivity index (χ1v) is 7.95. The van der Waals surface area contributed by atoms with Gasteiger partial charge in [0.05, 0.1) is 0 Å². The number of likely N-dealkylation sites (N-methyl/N-ethyl adjacent to an activating group) is 1. The van der Waals surface area contributed by atoms with E-state index in [2.05, 4.69) is 11.9 Å². The summed E-state index contributed by atoms with van der Waals surface area (Å²) in [5.41, 5.74) is -1.06. The fourth-order valence-corrected chi connectivity index (χ4v) is 2.78. The van der Waals surface area contributed by atoms with Crippen molar-refractivity contribution in [1.29, 1.82) is 0 Å². The van der Waals surface area contributed by atoms with Gasteiger partial charge in [-0.05, 0) is 43.4 Å². The van der Waals surface area contributed by atoms with Crippen molar-refractivity contribution < 1.29 is 13.6 Å². The van der Waals surface area contributed by atoms with Gasteiger partial charge >= 0.3 is 0 Å². The summed E-state index contributed by atoms with van der Waals surface area (Å²) in [7, 11) is 3.24. The molecule has 0 saturated carbocycles. The van der Waals surface area contributed by atoms with Crippen LogP contribution in [-0.4, -0.2) is 30.9 Å². The van der Waals surface area contributed by atoms with Gasteiger partial charge < -0.3 is 5.32 Å². The van der Waals surface area contributed by atoms with Crippen LogP contribution in [0, 0.1) is 5.82 Å². The molecule has 3 nitrogen and oxygen atoms in total. The van der Waals surface area contributed by atoms with Crippen LogP contribution in [0.15, 0.2) is 67.3 Å². The number of hydrogen-bond acceptors (Lipinski definition) is 2. The standard InChI is InChI=1S/C20H22F2N2O/c1-4-20(22,16-10-12-17(21)13-11-16)18(24(2)3)19(25)23-14-15-8-6-5-7-9-15/h4-13,18H,1,14H2,2-3H3,(H,23,25)/t18-,20+/m0/s1. The van der Waals surface area contributed by atoms with E-state index in [1.54, 1.807) is 14.1 Å². The first kappa shape index (κ1) is 18.8. The number of benzene rings is 2. The van der Waals surface area contributed by atoms with Gasteiger partial charge in [-0.3, -0.25) is 9.69 Å². The molecule has 2 aromatic rings. The van der Waals surface area contributed by atoms with E-state index in [0.717, 1.165) is 11.6 Å². The van der Waals surface area contributed by atoms with Gasteiger partial charge in [0, 0.05) is 6.54 Å². The lowest BCUT2D eigenvalue weighted by Crippen LogP contribution is -2.53. The minimum Gasteiger partial charge on any atom is -0.351 e. The monoisotopic (exact) mass is 344 g/mol. The van der Waals surface area contributed by atoms with E-state index in [-0.39, 0.29) is 5.56 Å². The SMILES string of the molecule is C=C[C@@](F)(c1ccc(F)cc1)[C@H](C(=O)NCc1ccccc1)N(C)C. The molecule has 1 N–H and O–H groups in total. The Morgan fingerprint density at radius 2 is 1.80 bits per heavy atom. The minimum absolute atomic E-state index is 0.178. The zero-order valence-electron chi connectivity index (χ0n) is 14.4. The van der Waals surface area contributed by atoms with Crippen LogP contribution in [0.3, 0.4) is 0 Å².